The van der Waals surface area contributed by atoms with Crippen LogP contribution in [0.2, 0.25) is 5.02 Å². The third-order valence-corrected chi connectivity index (χ3v) is 2.49. The molecule has 2 rings (SSSR count). The van der Waals surface area contributed by atoms with E-state index in [0.717, 1.165) is 12.8 Å². The summed E-state index contributed by atoms with van der Waals surface area (Å²) in [5.41, 5.74) is 5.95. The zero-order chi connectivity index (χ0) is 8.77. The molecule has 0 atom stereocenters. The van der Waals surface area contributed by atoms with Gasteiger partial charge in [0.25, 0.3) is 0 Å². The van der Waals surface area contributed by atoms with Gasteiger partial charge in [0, 0.05) is 16.1 Å². The lowest BCUT2D eigenvalue weighted by Crippen LogP contribution is -2.20. The summed E-state index contributed by atoms with van der Waals surface area (Å²) in [6.45, 7) is 0. The average Bonchev–Trinajstić information content (AvgIpc) is 2.75. The lowest BCUT2D eigenvalue weighted by molar-refractivity contribution is 0.578. The Morgan fingerprint density at radius 2 is 2.00 bits per heavy atom. The number of hydrogen-bond donors (Lipinski definition) is 1. The second kappa shape index (κ2) is 3.45. The highest BCUT2D eigenvalue weighted by molar-refractivity contribution is 6.30. The first kappa shape index (κ1) is 10.8. The Morgan fingerprint density at radius 3 is 2.54 bits per heavy atom. The van der Waals surface area contributed by atoms with Gasteiger partial charge in [-0.1, -0.05) is 11.6 Å². The summed E-state index contributed by atoms with van der Waals surface area (Å²) < 4.78 is 13.2. The fourth-order valence-electron chi connectivity index (χ4n) is 1.28. The van der Waals surface area contributed by atoms with E-state index in [9.17, 15) is 4.39 Å². The summed E-state index contributed by atoms with van der Waals surface area (Å²) in [6.07, 6.45) is 1.70. The predicted molar refractivity (Wildman–Crippen MR) is 53.8 cm³/mol. The Morgan fingerprint density at radius 1 is 1.38 bits per heavy atom. The third kappa shape index (κ3) is 1.96. The number of halogens is 3. The average molecular weight is 222 g/mol. The van der Waals surface area contributed by atoms with E-state index in [0.29, 0.717) is 10.6 Å². The second-order valence-corrected chi connectivity index (χ2v) is 3.72. The van der Waals surface area contributed by atoms with Crippen molar-refractivity contribution >= 4 is 24.0 Å². The van der Waals surface area contributed by atoms with Gasteiger partial charge in [-0.15, -0.1) is 12.4 Å². The molecule has 0 heterocycles. The third-order valence-electron chi connectivity index (χ3n) is 2.25. The van der Waals surface area contributed by atoms with Crippen molar-refractivity contribution < 1.29 is 4.39 Å². The van der Waals surface area contributed by atoms with Crippen molar-refractivity contribution in [1.82, 2.24) is 0 Å². The normalized spacial score (nSPS) is 17.8. The molecule has 1 fully saturated rings. The van der Waals surface area contributed by atoms with Crippen LogP contribution in [-0.2, 0) is 5.54 Å². The van der Waals surface area contributed by atoms with Crippen LogP contribution in [0.3, 0.4) is 0 Å². The van der Waals surface area contributed by atoms with Crippen LogP contribution >= 0.6 is 24.0 Å². The molecule has 0 aromatic heterocycles. The molecule has 0 spiro atoms. The zero-order valence-corrected chi connectivity index (χ0v) is 8.46. The number of nitrogens with two attached hydrogens (primary N) is 1. The maximum absolute atomic E-state index is 13.2. The summed E-state index contributed by atoms with van der Waals surface area (Å²) in [7, 11) is 0. The van der Waals surface area contributed by atoms with Crippen molar-refractivity contribution in [2.75, 3.05) is 0 Å². The molecule has 0 amide bonds. The topological polar surface area (TPSA) is 26.0 Å². The number of hydrogen-bond acceptors (Lipinski definition) is 1. The molecule has 1 aromatic rings. The SMILES string of the molecule is Cl.NC1(c2cc(Cl)ccc2F)CC1. The summed E-state index contributed by atoms with van der Waals surface area (Å²) >= 11 is 5.73. The van der Waals surface area contributed by atoms with Gasteiger partial charge in [-0.25, -0.2) is 4.39 Å². The van der Waals surface area contributed by atoms with Crippen molar-refractivity contribution in [2.45, 2.75) is 18.4 Å². The maximum Gasteiger partial charge on any atom is 0.128 e. The van der Waals surface area contributed by atoms with Gasteiger partial charge in [0.05, 0.1) is 0 Å². The van der Waals surface area contributed by atoms with Gasteiger partial charge in [0.15, 0.2) is 0 Å². The van der Waals surface area contributed by atoms with Crippen LogP contribution in [0, 0.1) is 5.82 Å². The summed E-state index contributed by atoms with van der Waals surface area (Å²) in [6, 6.07) is 4.51. The molecule has 2 N–H and O–H groups in total. The van der Waals surface area contributed by atoms with E-state index < -0.39 is 5.54 Å². The van der Waals surface area contributed by atoms with Crippen molar-refractivity contribution in [3.05, 3.63) is 34.6 Å². The Kier molecular flexibility index (Phi) is 2.85. The minimum absolute atomic E-state index is 0. The van der Waals surface area contributed by atoms with Gasteiger partial charge in [0.1, 0.15) is 5.82 Å². The Bertz CT molecular complexity index is 323. The van der Waals surface area contributed by atoms with E-state index in [-0.39, 0.29) is 18.2 Å². The van der Waals surface area contributed by atoms with E-state index in [1.165, 1.54) is 12.1 Å². The van der Waals surface area contributed by atoms with E-state index in [4.69, 9.17) is 17.3 Å². The molecule has 1 aliphatic carbocycles. The van der Waals surface area contributed by atoms with Crippen LogP contribution in [0.1, 0.15) is 18.4 Å². The predicted octanol–water partition coefficient (Wildman–Crippen LogP) is 2.85. The molecule has 0 aliphatic heterocycles. The molecular weight excluding hydrogens is 212 g/mol. The molecule has 1 nitrogen and oxygen atoms in total. The highest BCUT2D eigenvalue weighted by Crippen LogP contribution is 2.44. The minimum Gasteiger partial charge on any atom is -0.321 e. The highest BCUT2D eigenvalue weighted by atomic mass is 35.5. The van der Waals surface area contributed by atoms with Crippen molar-refractivity contribution in [1.29, 1.82) is 0 Å². The van der Waals surface area contributed by atoms with Crippen LogP contribution in [0.25, 0.3) is 0 Å². The second-order valence-electron chi connectivity index (χ2n) is 3.28. The van der Waals surface area contributed by atoms with Crippen molar-refractivity contribution in [3.8, 4) is 0 Å². The lowest BCUT2D eigenvalue weighted by Gasteiger charge is -2.09. The smallest absolute Gasteiger partial charge is 0.128 e. The fourth-order valence-corrected chi connectivity index (χ4v) is 1.46. The van der Waals surface area contributed by atoms with E-state index >= 15 is 0 Å². The Balaban J connectivity index is 0.000000845. The van der Waals surface area contributed by atoms with E-state index in [2.05, 4.69) is 0 Å². The summed E-state index contributed by atoms with van der Waals surface area (Å²) in [5, 5.41) is 0.545. The molecule has 0 radical (unpaired) electrons. The van der Waals surface area contributed by atoms with Gasteiger partial charge in [-0.2, -0.15) is 0 Å². The largest absolute Gasteiger partial charge is 0.321 e. The maximum atomic E-state index is 13.2. The quantitative estimate of drug-likeness (QED) is 0.776. The van der Waals surface area contributed by atoms with Gasteiger partial charge in [0.2, 0.25) is 0 Å². The number of rotatable bonds is 1. The van der Waals surface area contributed by atoms with Crippen molar-refractivity contribution in [3.63, 3.8) is 0 Å². The minimum atomic E-state index is -0.436. The molecular formula is C9H10Cl2FN. The highest BCUT2D eigenvalue weighted by Gasteiger charge is 2.42. The Labute approximate surface area is 87.5 Å². The summed E-state index contributed by atoms with van der Waals surface area (Å²) in [5.74, 6) is -0.251. The fraction of sp³-hybridized carbons (Fsp3) is 0.333. The molecule has 1 aliphatic rings. The molecule has 13 heavy (non-hydrogen) atoms. The van der Waals surface area contributed by atoms with Crippen LogP contribution in [0.15, 0.2) is 18.2 Å². The van der Waals surface area contributed by atoms with Crippen LogP contribution < -0.4 is 5.73 Å². The monoisotopic (exact) mass is 221 g/mol. The first-order valence-corrected chi connectivity index (χ1v) is 4.24. The molecule has 0 bridgehead atoms. The van der Waals surface area contributed by atoms with E-state index in [1.54, 1.807) is 6.07 Å². The van der Waals surface area contributed by atoms with Crippen LogP contribution in [0.4, 0.5) is 4.39 Å². The van der Waals surface area contributed by atoms with Gasteiger partial charge < -0.3 is 5.73 Å². The standard InChI is InChI=1S/C9H9ClFN.ClH/c10-6-1-2-8(11)7(5-6)9(12)3-4-9;/h1-2,5H,3-4,12H2;1H. The molecule has 0 saturated heterocycles. The van der Waals surface area contributed by atoms with Crippen LogP contribution in [-0.4, -0.2) is 0 Å². The summed E-state index contributed by atoms with van der Waals surface area (Å²) in [4.78, 5) is 0. The molecule has 1 saturated carbocycles. The molecule has 1 aromatic carbocycles. The Hall–Kier alpha value is -0.310. The van der Waals surface area contributed by atoms with Gasteiger partial charge in [-0.3, -0.25) is 0 Å². The van der Waals surface area contributed by atoms with Crippen LogP contribution in [0.5, 0.6) is 0 Å². The lowest BCUT2D eigenvalue weighted by atomic mass is 10.1. The van der Waals surface area contributed by atoms with Gasteiger partial charge >= 0.3 is 0 Å². The first-order chi connectivity index (χ1) is 5.62. The molecule has 4 heteroatoms. The van der Waals surface area contributed by atoms with Gasteiger partial charge in [-0.05, 0) is 31.0 Å². The molecule has 72 valence electrons. The zero-order valence-electron chi connectivity index (χ0n) is 6.89. The number of benzene rings is 1. The molecule has 0 unspecified atom stereocenters. The van der Waals surface area contributed by atoms with E-state index in [1.807, 2.05) is 0 Å². The first-order valence-electron chi connectivity index (χ1n) is 3.86. The van der Waals surface area contributed by atoms with Crippen molar-refractivity contribution in [2.24, 2.45) is 5.73 Å².